The highest BCUT2D eigenvalue weighted by atomic mass is 28.4. The van der Waals surface area contributed by atoms with Gasteiger partial charge >= 0.3 is 5.69 Å². The fraction of sp³-hybridized carbons (Fsp3) is 0.478. The lowest BCUT2D eigenvalue weighted by atomic mass is 10.2. The van der Waals surface area contributed by atoms with Crippen LogP contribution in [0.25, 0.3) is 0 Å². The second-order valence-electron chi connectivity index (χ2n) is 9.62. The van der Waals surface area contributed by atoms with Crippen molar-refractivity contribution in [3.05, 3.63) is 70.0 Å². The summed E-state index contributed by atoms with van der Waals surface area (Å²) in [4.78, 5) is 13.1. The van der Waals surface area contributed by atoms with Gasteiger partial charge in [0.1, 0.15) is 11.9 Å². The zero-order valence-corrected chi connectivity index (χ0v) is 19.8. The first-order valence-corrected chi connectivity index (χ1v) is 13.4. The van der Waals surface area contributed by atoms with Gasteiger partial charge in [0.15, 0.2) is 14.1 Å². The van der Waals surface area contributed by atoms with Gasteiger partial charge in [0.2, 0.25) is 0 Å². The number of nitrogens with zero attached hydrogens (tertiary/aromatic N) is 2. The molecule has 0 spiro atoms. The largest absolute Gasteiger partial charge is 0.479 e. The van der Waals surface area contributed by atoms with Crippen LogP contribution in [0.1, 0.15) is 26.3 Å². The molecule has 3 rings (SSSR count). The normalized spacial score (nSPS) is 20.1. The van der Waals surface area contributed by atoms with E-state index in [0.29, 0.717) is 13.1 Å². The maximum atomic E-state index is 13.8. The topological polar surface area (TPSA) is 64.8 Å². The Hall–Kier alpha value is -2.29. The quantitative estimate of drug-likeness (QED) is 0.324. The van der Waals surface area contributed by atoms with Gasteiger partial charge in [0.25, 0.3) is 0 Å². The van der Waals surface area contributed by atoms with Crippen molar-refractivity contribution in [3.8, 4) is 5.75 Å². The first kappa shape index (κ1) is 23.4. The summed E-state index contributed by atoms with van der Waals surface area (Å²) in [6, 6.07) is 13.4. The lowest BCUT2D eigenvalue weighted by molar-refractivity contribution is -0.386. The summed E-state index contributed by atoms with van der Waals surface area (Å²) in [6.07, 6.45) is -0.689. The van der Waals surface area contributed by atoms with Gasteiger partial charge in [-0.25, -0.2) is 4.39 Å². The average Bonchev–Trinajstić information content (AvgIpc) is 3.01. The van der Waals surface area contributed by atoms with Crippen LogP contribution in [0.2, 0.25) is 18.1 Å². The van der Waals surface area contributed by atoms with E-state index in [1.165, 1.54) is 5.56 Å². The van der Waals surface area contributed by atoms with Crippen LogP contribution in [-0.4, -0.2) is 43.4 Å². The molecule has 1 saturated heterocycles. The number of halogens is 1. The van der Waals surface area contributed by atoms with Crippen LogP contribution < -0.4 is 4.74 Å². The van der Waals surface area contributed by atoms with Crippen molar-refractivity contribution < 1.29 is 18.5 Å². The summed E-state index contributed by atoms with van der Waals surface area (Å²) in [7, 11) is -2.11. The van der Waals surface area contributed by atoms with Crippen LogP contribution in [0, 0.1) is 15.9 Å². The van der Waals surface area contributed by atoms with E-state index < -0.39 is 25.2 Å². The van der Waals surface area contributed by atoms with Crippen molar-refractivity contribution in [2.45, 2.75) is 57.7 Å². The third kappa shape index (κ3) is 5.69. The number of ether oxygens (including phenoxy) is 1. The van der Waals surface area contributed by atoms with E-state index in [2.05, 4.69) is 50.9 Å². The molecule has 0 N–H and O–H groups in total. The number of nitro groups is 1. The Kier molecular flexibility index (Phi) is 6.83. The molecule has 31 heavy (non-hydrogen) atoms. The Balaban J connectivity index is 1.85. The fourth-order valence-electron chi connectivity index (χ4n) is 3.47. The molecule has 0 aliphatic carbocycles. The lowest BCUT2D eigenvalue weighted by Crippen LogP contribution is -2.48. The van der Waals surface area contributed by atoms with Gasteiger partial charge in [-0.05, 0) is 29.8 Å². The Labute approximate surface area is 184 Å². The van der Waals surface area contributed by atoms with Gasteiger partial charge in [-0.3, -0.25) is 15.0 Å². The predicted molar refractivity (Wildman–Crippen MR) is 121 cm³/mol. The minimum Gasteiger partial charge on any atom is -0.479 e. The van der Waals surface area contributed by atoms with Crippen LogP contribution in [0.4, 0.5) is 10.1 Å². The number of hydrogen-bond donors (Lipinski definition) is 0. The monoisotopic (exact) mass is 446 g/mol. The Bertz CT molecular complexity index is 918. The molecule has 0 amide bonds. The molecule has 0 aromatic heterocycles. The van der Waals surface area contributed by atoms with E-state index >= 15 is 0 Å². The lowest BCUT2D eigenvalue weighted by Gasteiger charge is -2.39. The summed E-state index contributed by atoms with van der Waals surface area (Å²) in [6.45, 7) is 12.8. The van der Waals surface area contributed by atoms with Gasteiger partial charge in [0.05, 0.1) is 11.0 Å². The van der Waals surface area contributed by atoms with E-state index in [0.717, 1.165) is 24.7 Å². The minimum absolute atomic E-state index is 0.00918. The van der Waals surface area contributed by atoms with Crippen LogP contribution in [-0.2, 0) is 11.0 Å². The first-order valence-electron chi connectivity index (χ1n) is 10.5. The summed E-state index contributed by atoms with van der Waals surface area (Å²) in [5, 5.41) is 11.4. The van der Waals surface area contributed by atoms with Gasteiger partial charge in [-0.2, -0.15) is 0 Å². The highest BCUT2D eigenvalue weighted by Gasteiger charge is 2.44. The van der Waals surface area contributed by atoms with Gasteiger partial charge in [-0.15, -0.1) is 0 Å². The molecule has 2 aromatic rings. The van der Waals surface area contributed by atoms with E-state index in [-0.39, 0.29) is 22.6 Å². The summed E-state index contributed by atoms with van der Waals surface area (Å²) in [5.74, 6) is -0.623. The van der Waals surface area contributed by atoms with Crippen molar-refractivity contribution >= 4 is 14.0 Å². The van der Waals surface area contributed by atoms with Gasteiger partial charge in [-0.1, -0.05) is 51.1 Å². The van der Waals surface area contributed by atoms with Crippen molar-refractivity contribution in [2.75, 3.05) is 13.1 Å². The van der Waals surface area contributed by atoms with E-state index in [4.69, 9.17) is 9.16 Å². The standard InChI is InChI=1S/C23H31FN2O4Si/c1-23(2,3)31(4,5)30-22-16-25(14-17-9-7-6-8-10-17)15-21(22)29-20-13-18(24)11-12-19(20)26(27)28/h6-13,21-22H,14-16H2,1-5H3/t21-,22-/m0/s1. The Morgan fingerprint density at radius 1 is 1.13 bits per heavy atom. The highest BCUT2D eigenvalue weighted by molar-refractivity contribution is 6.74. The highest BCUT2D eigenvalue weighted by Crippen LogP contribution is 2.39. The van der Waals surface area contributed by atoms with Crippen molar-refractivity contribution in [2.24, 2.45) is 0 Å². The van der Waals surface area contributed by atoms with Gasteiger partial charge in [0, 0.05) is 31.8 Å². The Morgan fingerprint density at radius 3 is 2.39 bits per heavy atom. The number of nitro benzene ring substituents is 1. The molecule has 0 radical (unpaired) electrons. The molecule has 1 heterocycles. The number of rotatable bonds is 7. The van der Waals surface area contributed by atoms with E-state index in [1.807, 2.05) is 18.2 Å². The predicted octanol–water partition coefficient (Wildman–Crippen LogP) is 5.39. The molecule has 0 unspecified atom stereocenters. The minimum atomic E-state index is -2.11. The molecular formula is C23H31FN2O4Si. The second-order valence-corrected chi connectivity index (χ2v) is 14.4. The van der Waals surface area contributed by atoms with Gasteiger partial charge < -0.3 is 9.16 Å². The molecular weight excluding hydrogens is 415 g/mol. The van der Waals surface area contributed by atoms with Crippen LogP contribution >= 0.6 is 0 Å². The molecule has 1 aliphatic rings. The molecule has 1 fully saturated rings. The summed E-state index contributed by atoms with van der Waals surface area (Å²) in [5.41, 5.74) is 0.931. The first-order chi connectivity index (χ1) is 14.5. The zero-order chi connectivity index (χ0) is 22.8. The zero-order valence-electron chi connectivity index (χ0n) is 18.8. The molecule has 0 bridgehead atoms. The SMILES string of the molecule is CC(C)(C)[Si](C)(C)O[C@H]1CN(Cc2ccccc2)C[C@@H]1Oc1cc(F)ccc1[N+](=O)[O-]. The molecule has 8 heteroatoms. The maximum Gasteiger partial charge on any atom is 0.311 e. The van der Waals surface area contributed by atoms with Crippen molar-refractivity contribution in [3.63, 3.8) is 0 Å². The molecule has 0 saturated carbocycles. The smallest absolute Gasteiger partial charge is 0.311 e. The second kappa shape index (κ2) is 9.06. The van der Waals surface area contributed by atoms with Crippen molar-refractivity contribution in [1.29, 1.82) is 0 Å². The fourth-order valence-corrected chi connectivity index (χ4v) is 4.80. The average molecular weight is 447 g/mol. The molecule has 2 atom stereocenters. The number of benzene rings is 2. The van der Waals surface area contributed by atoms with Crippen LogP contribution in [0.3, 0.4) is 0 Å². The maximum absolute atomic E-state index is 13.8. The van der Waals surface area contributed by atoms with Crippen LogP contribution in [0.5, 0.6) is 5.75 Å². The number of likely N-dealkylation sites (tertiary alicyclic amines) is 1. The summed E-state index contributed by atoms with van der Waals surface area (Å²) >= 11 is 0. The Morgan fingerprint density at radius 2 is 1.77 bits per heavy atom. The van der Waals surface area contributed by atoms with Crippen LogP contribution in [0.15, 0.2) is 48.5 Å². The molecule has 1 aliphatic heterocycles. The van der Waals surface area contributed by atoms with Crippen molar-refractivity contribution in [1.82, 2.24) is 4.90 Å². The third-order valence-electron chi connectivity index (χ3n) is 6.19. The third-order valence-corrected chi connectivity index (χ3v) is 10.7. The number of hydrogen-bond acceptors (Lipinski definition) is 5. The molecule has 6 nitrogen and oxygen atoms in total. The van der Waals surface area contributed by atoms with E-state index in [9.17, 15) is 14.5 Å². The molecule has 168 valence electrons. The molecule has 2 aromatic carbocycles. The van der Waals surface area contributed by atoms with E-state index in [1.54, 1.807) is 0 Å². The summed E-state index contributed by atoms with van der Waals surface area (Å²) < 4.78 is 26.6.